The molecule has 3 aliphatic rings. The van der Waals surface area contributed by atoms with Crippen molar-refractivity contribution in [1.82, 2.24) is 4.90 Å². The van der Waals surface area contributed by atoms with Gasteiger partial charge in [-0.25, -0.2) is 0 Å². The summed E-state index contributed by atoms with van der Waals surface area (Å²) in [4.78, 5) is 26.6. The molecular weight excluding hydrogens is 352 g/mol. The van der Waals surface area contributed by atoms with Gasteiger partial charge >= 0.3 is 0 Å². The Hall–Kier alpha value is -1.14. The maximum absolute atomic E-state index is 12.5. The molecule has 4 nitrogen and oxygen atoms in total. The molecule has 25 heavy (non-hydrogen) atoms. The molecule has 4 rings (SSSR count). The van der Waals surface area contributed by atoms with Gasteiger partial charge in [0.25, 0.3) is 0 Å². The number of nitrogens with one attached hydrogen (secondary N) is 1. The maximum Gasteiger partial charge on any atom is 0.227 e. The van der Waals surface area contributed by atoms with Gasteiger partial charge in [-0.15, -0.1) is 23.5 Å². The zero-order chi connectivity index (χ0) is 17.2. The fourth-order valence-electron chi connectivity index (χ4n) is 3.47. The molecular formula is C19H24N2O2S2. The predicted molar refractivity (Wildman–Crippen MR) is 105 cm³/mol. The molecule has 2 aliphatic heterocycles. The summed E-state index contributed by atoms with van der Waals surface area (Å²) in [6.07, 6.45) is 3.65. The van der Waals surface area contributed by atoms with E-state index in [0.29, 0.717) is 10.5 Å². The molecule has 2 amide bonds. The third-order valence-electron chi connectivity index (χ3n) is 5.18. The second kappa shape index (κ2) is 7.62. The monoisotopic (exact) mass is 376 g/mol. The van der Waals surface area contributed by atoms with Gasteiger partial charge in [-0.05, 0) is 43.4 Å². The van der Waals surface area contributed by atoms with Crippen LogP contribution in [0, 0.1) is 11.8 Å². The number of hydrogen-bond acceptors (Lipinski definition) is 4. The van der Waals surface area contributed by atoms with E-state index < -0.39 is 0 Å². The van der Waals surface area contributed by atoms with Gasteiger partial charge in [0.2, 0.25) is 11.8 Å². The minimum atomic E-state index is 0.0175. The lowest BCUT2D eigenvalue weighted by molar-refractivity contribution is -0.135. The standard InChI is InChI=1S/C19H24N2O2S2/c22-17(13-7-9-21(10-8-13)18(23)14-1-2-14)20-16-5-3-15(4-6-16)19-24-11-12-25-19/h3-6,13-14,19H,1-2,7-12H2,(H,20,22). The highest BCUT2D eigenvalue weighted by Crippen LogP contribution is 2.45. The molecule has 6 heteroatoms. The molecule has 2 heterocycles. The fourth-order valence-corrected chi connectivity index (χ4v) is 6.33. The molecule has 1 N–H and O–H groups in total. The Labute approximate surface area is 157 Å². The van der Waals surface area contributed by atoms with Crippen LogP contribution in [0.15, 0.2) is 24.3 Å². The van der Waals surface area contributed by atoms with Gasteiger partial charge in [0, 0.05) is 42.1 Å². The number of hydrogen-bond donors (Lipinski definition) is 1. The summed E-state index contributed by atoms with van der Waals surface area (Å²) < 4.78 is 0.540. The summed E-state index contributed by atoms with van der Waals surface area (Å²) >= 11 is 3.98. The molecule has 1 saturated carbocycles. The van der Waals surface area contributed by atoms with Crippen LogP contribution in [0.2, 0.25) is 0 Å². The lowest BCUT2D eigenvalue weighted by Gasteiger charge is -2.31. The second-order valence-corrected chi connectivity index (χ2v) is 9.78. The lowest BCUT2D eigenvalue weighted by atomic mass is 9.95. The smallest absolute Gasteiger partial charge is 0.227 e. The van der Waals surface area contributed by atoms with Crippen LogP contribution in [0.4, 0.5) is 5.69 Å². The van der Waals surface area contributed by atoms with Gasteiger partial charge in [0.15, 0.2) is 0 Å². The molecule has 1 aromatic rings. The van der Waals surface area contributed by atoms with Crippen molar-refractivity contribution < 1.29 is 9.59 Å². The number of carbonyl (C=O) groups excluding carboxylic acids is 2. The first-order chi connectivity index (χ1) is 12.2. The Morgan fingerprint density at radius 2 is 1.56 bits per heavy atom. The predicted octanol–water partition coefficient (Wildman–Crippen LogP) is 3.75. The summed E-state index contributed by atoms with van der Waals surface area (Å²) in [6.45, 7) is 1.45. The van der Waals surface area contributed by atoms with E-state index in [9.17, 15) is 9.59 Å². The highest BCUT2D eigenvalue weighted by atomic mass is 32.2. The van der Waals surface area contributed by atoms with Gasteiger partial charge < -0.3 is 10.2 Å². The topological polar surface area (TPSA) is 49.4 Å². The van der Waals surface area contributed by atoms with Crippen LogP contribution in [0.3, 0.4) is 0 Å². The average Bonchev–Trinajstić information content (AvgIpc) is 3.36. The minimum Gasteiger partial charge on any atom is -0.342 e. The van der Waals surface area contributed by atoms with Crippen LogP contribution in [0.1, 0.15) is 35.8 Å². The third-order valence-corrected chi connectivity index (χ3v) is 8.28. The molecule has 0 atom stereocenters. The molecule has 0 radical (unpaired) electrons. The van der Waals surface area contributed by atoms with Gasteiger partial charge in [-0.1, -0.05) is 12.1 Å². The maximum atomic E-state index is 12.5. The molecule has 134 valence electrons. The van der Waals surface area contributed by atoms with E-state index in [-0.39, 0.29) is 17.7 Å². The Morgan fingerprint density at radius 1 is 0.920 bits per heavy atom. The Morgan fingerprint density at radius 3 is 2.16 bits per heavy atom. The number of amides is 2. The van der Waals surface area contributed by atoms with Crippen LogP contribution >= 0.6 is 23.5 Å². The molecule has 1 aliphatic carbocycles. The van der Waals surface area contributed by atoms with Crippen LogP contribution in [0.25, 0.3) is 0 Å². The molecule has 0 spiro atoms. The molecule has 3 fully saturated rings. The van der Waals surface area contributed by atoms with Crippen molar-refractivity contribution in [3.8, 4) is 0 Å². The van der Waals surface area contributed by atoms with Crippen LogP contribution in [0.5, 0.6) is 0 Å². The van der Waals surface area contributed by atoms with E-state index in [0.717, 1.165) is 44.5 Å². The number of thioether (sulfide) groups is 2. The minimum absolute atomic E-state index is 0.0175. The highest BCUT2D eigenvalue weighted by Gasteiger charge is 2.35. The van der Waals surface area contributed by atoms with Gasteiger partial charge in [-0.2, -0.15) is 0 Å². The largest absolute Gasteiger partial charge is 0.342 e. The van der Waals surface area contributed by atoms with Crippen molar-refractivity contribution >= 4 is 41.0 Å². The van der Waals surface area contributed by atoms with Crippen molar-refractivity contribution in [2.24, 2.45) is 11.8 Å². The van der Waals surface area contributed by atoms with E-state index in [1.54, 1.807) is 0 Å². The van der Waals surface area contributed by atoms with E-state index in [2.05, 4.69) is 17.4 Å². The van der Waals surface area contributed by atoms with Gasteiger partial charge in [-0.3, -0.25) is 9.59 Å². The van der Waals surface area contributed by atoms with E-state index in [1.807, 2.05) is 40.6 Å². The number of rotatable bonds is 4. The first-order valence-corrected chi connectivity index (χ1v) is 11.2. The number of piperidine rings is 1. The first-order valence-electron chi connectivity index (χ1n) is 9.13. The number of likely N-dealkylation sites (tertiary alicyclic amines) is 1. The number of benzene rings is 1. The Kier molecular flexibility index (Phi) is 5.27. The lowest BCUT2D eigenvalue weighted by Crippen LogP contribution is -2.42. The molecule has 0 aromatic heterocycles. The number of nitrogens with zero attached hydrogens (tertiary/aromatic N) is 1. The van der Waals surface area contributed by atoms with Crippen LogP contribution in [-0.2, 0) is 9.59 Å². The highest BCUT2D eigenvalue weighted by molar-refractivity contribution is 8.19. The van der Waals surface area contributed by atoms with Crippen LogP contribution < -0.4 is 5.32 Å². The quantitative estimate of drug-likeness (QED) is 0.869. The molecule has 1 aromatic carbocycles. The summed E-state index contributed by atoms with van der Waals surface area (Å²) in [5.74, 6) is 3.13. The summed E-state index contributed by atoms with van der Waals surface area (Å²) in [5, 5.41) is 3.05. The van der Waals surface area contributed by atoms with Gasteiger partial charge in [0.05, 0.1) is 4.58 Å². The van der Waals surface area contributed by atoms with E-state index >= 15 is 0 Å². The van der Waals surface area contributed by atoms with Crippen LogP contribution in [-0.4, -0.2) is 41.3 Å². The zero-order valence-electron chi connectivity index (χ0n) is 14.3. The third kappa shape index (κ3) is 4.17. The molecule has 2 saturated heterocycles. The fraction of sp³-hybridized carbons (Fsp3) is 0.579. The Bertz CT molecular complexity index is 631. The van der Waals surface area contributed by atoms with Gasteiger partial charge in [0.1, 0.15) is 0 Å². The molecule has 0 unspecified atom stereocenters. The van der Waals surface area contributed by atoms with Crippen molar-refractivity contribution in [2.45, 2.75) is 30.3 Å². The van der Waals surface area contributed by atoms with Crippen molar-refractivity contribution in [3.63, 3.8) is 0 Å². The number of carbonyl (C=O) groups is 2. The summed E-state index contributed by atoms with van der Waals surface area (Å²) in [6, 6.07) is 8.28. The van der Waals surface area contributed by atoms with Crippen molar-refractivity contribution in [1.29, 1.82) is 0 Å². The summed E-state index contributed by atoms with van der Waals surface area (Å²) in [7, 11) is 0. The molecule has 0 bridgehead atoms. The van der Waals surface area contributed by atoms with Crippen molar-refractivity contribution in [3.05, 3.63) is 29.8 Å². The first kappa shape index (κ1) is 17.3. The summed E-state index contributed by atoms with van der Waals surface area (Å²) in [5.41, 5.74) is 2.20. The van der Waals surface area contributed by atoms with E-state index in [4.69, 9.17) is 0 Å². The zero-order valence-corrected chi connectivity index (χ0v) is 15.9. The SMILES string of the molecule is O=C(Nc1ccc(C2SCCS2)cc1)C1CCN(C(=O)C2CC2)CC1. The van der Waals surface area contributed by atoms with E-state index in [1.165, 1.54) is 17.1 Å². The number of anilines is 1. The second-order valence-electron chi connectivity index (χ2n) is 7.06. The Balaban J connectivity index is 1.27. The van der Waals surface area contributed by atoms with Crippen molar-refractivity contribution in [2.75, 3.05) is 29.9 Å². The average molecular weight is 377 g/mol. The normalized spacial score (nSPS) is 22.2.